The van der Waals surface area contributed by atoms with E-state index in [0.29, 0.717) is 12.4 Å². The summed E-state index contributed by atoms with van der Waals surface area (Å²) >= 11 is 0. The minimum absolute atomic E-state index is 0.0646. The highest BCUT2D eigenvalue weighted by molar-refractivity contribution is 5.81. The van der Waals surface area contributed by atoms with Crippen LogP contribution in [0.25, 0.3) is 11.0 Å². The molecule has 1 aliphatic rings. The second kappa shape index (κ2) is 6.81. The highest BCUT2D eigenvalue weighted by Crippen LogP contribution is 2.24. The monoisotopic (exact) mass is 314 g/mol. The number of imidazole rings is 1. The molecule has 6 nitrogen and oxygen atoms in total. The molecule has 0 saturated heterocycles. The molecule has 0 bridgehead atoms. The molecule has 0 spiro atoms. The average molecular weight is 314 g/mol. The molecule has 0 aliphatic heterocycles. The Morgan fingerprint density at radius 2 is 1.96 bits per heavy atom. The molecule has 0 atom stereocenters. The van der Waals surface area contributed by atoms with Crippen molar-refractivity contribution in [2.24, 2.45) is 11.7 Å². The molecule has 1 aromatic heterocycles. The van der Waals surface area contributed by atoms with E-state index in [0.717, 1.165) is 36.7 Å². The SMILES string of the molecule is NC(=O)Cn1c(CNC(=O)C2CCCCC2)nc2ccccc21. The van der Waals surface area contributed by atoms with E-state index in [-0.39, 0.29) is 18.4 Å². The van der Waals surface area contributed by atoms with Gasteiger partial charge >= 0.3 is 0 Å². The third-order valence-electron chi connectivity index (χ3n) is 4.44. The Bertz CT molecular complexity index is 716. The molecule has 122 valence electrons. The summed E-state index contributed by atoms with van der Waals surface area (Å²) in [6.45, 7) is 0.381. The van der Waals surface area contributed by atoms with E-state index in [2.05, 4.69) is 10.3 Å². The van der Waals surface area contributed by atoms with Gasteiger partial charge in [0.05, 0.1) is 17.6 Å². The Balaban J connectivity index is 1.76. The van der Waals surface area contributed by atoms with Gasteiger partial charge in [0.15, 0.2) is 0 Å². The Kier molecular flexibility index (Phi) is 4.60. The van der Waals surface area contributed by atoms with Gasteiger partial charge in [0, 0.05) is 5.92 Å². The molecular formula is C17H22N4O2. The molecule has 1 fully saturated rings. The number of hydrogen-bond acceptors (Lipinski definition) is 3. The van der Waals surface area contributed by atoms with E-state index >= 15 is 0 Å². The maximum Gasteiger partial charge on any atom is 0.237 e. The van der Waals surface area contributed by atoms with Crippen LogP contribution in [-0.4, -0.2) is 21.4 Å². The summed E-state index contributed by atoms with van der Waals surface area (Å²) in [6, 6.07) is 7.58. The molecule has 1 aromatic carbocycles. The van der Waals surface area contributed by atoms with Crippen LogP contribution in [0.15, 0.2) is 24.3 Å². The van der Waals surface area contributed by atoms with Crippen LogP contribution in [0.3, 0.4) is 0 Å². The number of nitrogens with one attached hydrogen (secondary N) is 1. The quantitative estimate of drug-likeness (QED) is 0.880. The number of nitrogens with zero attached hydrogens (tertiary/aromatic N) is 2. The van der Waals surface area contributed by atoms with Crippen LogP contribution in [0, 0.1) is 5.92 Å². The van der Waals surface area contributed by atoms with Gasteiger partial charge in [-0.3, -0.25) is 9.59 Å². The summed E-state index contributed by atoms with van der Waals surface area (Å²) in [5.74, 6) is 0.433. The Morgan fingerprint density at radius 3 is 2.70 bits per heavy atom. The second-order valence-corrected chi connectivity index (χ2v) is 6.12. The van der Waals surface area contributed by atoms with Crippen molar-refractivity contribution < 1.29 is 9.59 Å². The van der Waals surface area contributed by atoms with Crippen LogP contribution >= 0.6 is 0 Å². The zero-order chi connectivity index (χ0) is 16.2. The first-order valence-electron chi connectivity index (χ1n) is 8.15. The number of carbonyl (C=O) groups excluding carboxylic acids is 2. The lowest BCUT2D eigenvalue weighted by atomic mass is 9.89. The number of carbonyl (C=O) groups is 2. The molecule has 6 heteroatoms. The summed E-state index contributed by atoms with van der Waals surface area (Å²) in [5.41, 5.74) is 7.00. The largest absolute Gasteiger partial charge is 0.368 e. The van der Waals surface area contributed by atoms with Gasteiger partial charge in [0.25, 0.3) is 0 Å². The number of aromatic nitrogens is 2. The van der Waals surface area contributed by atoms with Crippen LogP contribution in [0.1, 0.15) is 37.9 Å². The summed E-state index contributed by atoms with van der Waals surface area (Å²) in [7, 11) is 0. The smallest absolute Gasteiger partial charge is 0.237 e. The van der Waals surface area contributed by atoms with Gasteiger partial charge < -0.3 is 15.6 Å². The van der Waals surface area contributed by atoms with Gasteiger partial charge in [-0.2, -0.15) is 0 Å². The number of para-hydroxylation sites is 2. The van der Waals surface area contributed by atoms with Crippen LogP contribution in [-0.2, 0) is 22.7 Å². The molecule has 1 saturated carbocycles. The minimum atomic E-state index is -0.423. The fourth-order valence-electron chi connectivity index (χ4n) is 3.27. The van der Waals surface area contributed by atoms with Crippen molar-refractivity contribution in [1.29, 1.82) is 0 Å². The van der Waals surface area contributed by atoms with Crippen molar-refractivity contribution in [2.75, 3.05) is 0 Å². The number of primary amides is 1. The van der Waals surface area contributed by atoms with E-state index in [1.165, 1.54) is 6.42 Å². The summed E-state index contributed by atoms with van der Waals surface area (Å²) in [6.07, 6.45) is 5.39. The summed E-state index contributed by atoms with van der Waals surface area (Å²) < 4.78 is 1.78. The average Bonchev–Trinajstić information content (AvgIpc) is 2.91. The number of nitrogens with two attached hydrogens (primary N) is 1. The first-order valence-corrected chi connectivity index (χ1v) is 8.15. The second-order valence-electron chi connectivity index (χ2n) is 6.12. The van der Waals surface area contributed by atoms with E-state index < -0.39 is 5.91 Å². The van der Waals surface area contributed by atoms with E-state index in [1.807, 2.05) is 24.3 Å². The topological polar surface area (TPSA) is 90.0 Å². The van der Waals surface area contributed by atoms with Crippen molar-refractivity contribution >= 4 is 22.8 Å². The molecular weight excluding hydrogens is 292 g/mol. The molecule has 2 aromatic rings. The van der Waals surface area contributed by atoms with Gasteiger partial charge in [-0.1, -0.05) is 31.4 Å². The van der Waals surface area contributed by atoms with Gasteiger partial charge in [0.1, 0.15) is 12.4 Å². The molecule has 3 rings (SSSR count). The van der Waals surface area contributed by atoms with Gasteiger partial charge in [-0.25, -0.2) is 4.98 Å². The van der Waals surface area contributed by atoms with Gasteiger partial charge in [-0.05, 0) is 25.0 Å². The van der Waals surface area contributed by atoms with E-state index in [1.54, 1.807) is 4.57 Å². The van der Waals surface area contributed by atoms with E-state index in [4.69, 9.17) is 5.73 Å². The lowest BCUT2D eigenvalue weighted by molar-refractivity contribution is -0.126. The summed E-state index contributed by atoms with van der Waals surface area (Å²) in [4.78, 5) is 28.1. The molecule has 2 amide bonds. The normalized spacial score (nSPS) is 15.7. The zero-order valence-corrected chi connectivity index (χ0v) is 13.1. The lowest BCUT2D eigenvalue weighted by Crippen LogP contribution is -2.32. The van der Waals surface area contributed by atoms with Crippen LogP contribution < -0.4 is 11.1 Å². The third kappa shape index (κ3) is 3.52. The maximum absolute atomic E-state index is 12.3. The van der Waals surface area contributed by atoms with Crippen molar-refractivity contribution in [1.82, 2.24) is 14.9 Å². The van der Waals surface area contributed by atoms with Gasteiger partial charge in [0.2, 0.25) is 11.8 Å². The Labute approximate surface area is 135 Å². The number of amides is 2. The fraction of sp³-hybridized carbons (Fsp3) is 0.471. The zero-order valence-electron chi connectivity index (χ0n) is 13.1. The molecule has 3 N–H and O–H groups in total. The first kappa shape index (κ1) is 15.5. The fourth-order valence-corrected chi connectivity index (χ4v) is 3.27. The summed E-state index contributed by atoms with van der Waals surface area (Å²) in [5, 5.41) is 2.97. The van der Waals surface area contributed by atoms with E-state index in [9.17, 15) is 9.59 Å². The molecule has 0 radical (unpaired) electrons. The third-order valence-corrected chi connectivity index (χ3v) is 4.44. The van der Waals surface area contributed by atoms with Crippen LogP contribution in [0.5, 0.6) is 0 Å². The van der Waals surface area contributed by atoms with Crippen LogP contribution in [0.2, 0.25) is 0 Å². The maximum atomic E-state index is 12.3. The Hall–Kier alpha value is -2.37. The number of benzene rings is 1. The molecule has 0 unspecified atom stereocenters. The lowest BCUT2D eigenvalue weighted by Gasteiger charge is -2.20. The Morgan fingerprint density at radius 1 is 1.22 bits per heavy atom. The standard InChI is InChI=1S/C17H22N4O2/c18-15(22)11-21-14-9-5-4-8-13(14)20-16(21)10-19-17(23)12-6-2-1-3-7-12/h4-5,8-9,12H,1-3,6-7,10-11H2,(H2,18,22)(H,19,23). The number of rotatable bonds is 5. The number of hydrogen-bond donors (Lipinski definition) is 2. The van der Waals surface area contributed by atoms with Gasteiger partial charge in [-0.15, -0.1) is 0 Å². The highest BCUT2D eigenvalue weighted by atomic mass is 16.2. The molecule has 1 heterocycles. The van der Waals surface area contributed by atoms with Crippen LogP contribution in [0.4, 0.5) is 0 Å². The van der Waals surface area contributed by atoms with Crippen molar-refractivity contribution in [3.63, 3.8) is 0 Å². The minimum Gasteiger partial charge on any atom is -0.368 e. The van der Waals surface area contributed by atoms with Crippen molar-refractivity contribution in [3.8, 4) is 0 Å². The predicted octanol–water partition coefficient (Wildman–Crippen LogP) is 1.72. The van der Waals surface area contributed by atoms with Crippen molar-refractivity contribution in [3.05, 3.63) is 30.1 Å². The molecule has 1 aliphatic carbocycles. The van der Waals surface area contributed by atoms with Crippen molar-refractivity contribution in [2.45, 2.75) is 45.2 Å². The molecule has 23 heavy (non-hydrogen) atoms. The highest BCUT2D eigenvalue weighted by Gasteiger charge is 2.21. The predicted molar refractivity (Wildman–Crippen MR) is 87.3 cm³/mol. The first-order chi connectivity index (χ1) is 11.1. The number of fused-ring (bicyclic) bond motifs is 1.